The molecular weight excluding hydrogens is 182 g/mol. The van der Waals surface area contributed by atoms with Crippen molar-refractivity contribution in [2.75, 3.05) is 24.6 Å². The van der Waals surface area contributed by atoms with Crippen LogP contribution in [0.4, 0.5) is 0 Å². The molecule has 1 aromatic heterocycles. The minimum absolute atomic E-state index is 0.919. The Balaban J connectivity index is 1.53. The summed E-state index contributed by atoms with van der Waals surface area (Å²) in [6.45, 7) is 3.47. The van der Waals surface area contributed by atoms with Gasteiger partial charge in [0, 0.05) is 24.7 Å². The van der Waals surface area contributed by atoms with E-state index < -0.39 is 0 Å². The molecule has 0 saturated carbocycles. The Bertz CT molecular complexity index is 231. The Morgan fingerprint density at radius 2 is 2.46 bits per heavy atom. The van der Waals surface area contributed by atoms with Crippen molar-refractivity contribution in [2.45, 2.75) is 6.54 Å². The highest BCUT2D eigenvalue weighted by atomic mass is 32.2. The zero-order chi connectivity index (χ0) is 8.93. The van der Waals surface area contributed by atoms with Crippen molar-refractivity contribution in [1.82, 2.24) is 15.1 Å². The van der Waals surface area contributed by atoms with Crippen LogP contribution in [-0.2, 0) is 6.54 Å². The summed E-state index contributed by atoms with van der Waals surface area (Å²) in [4.78, 5) is 0. The lowest BCUT2D eigenvalue weighted by molar-refractivity contribution is 0.385. The third-order valence-electron chi connectivity index (χ3n) is 2.24. The molecule has 2 rings (SSSR count). The average molecular weight is 197 g/mol. The molecule has 0 radical (unpaired) electrons. The van der Waals surface area contributed by atoms with Crippen molar-refractivity contribution < 1.29 is 0 Å². The Kier molecular flexibility index (Phi) is 3.27. The third kappa shape index (κ3) is 2.74. The van der Waals surface area contributed by atoms with Gasteiger partial charge < -0.3 is 5.32 Å². The molecule has 1 aliphatic rings. The molecule has 0 amide bonds. The number of hydrogen-bond donors (Lipinski definition) is 1. The van der Waals surface area contributed by atoms with E-state index in [1.165, 1.54) is 24.6 Å². The van der Waals surface area contributed by atoms with Gasteiger partial charge in [-0.05, 0) is 30.8 Å². The second-order valence-corrected chi connectivity index (χ2v) is 4.52. The lowest BCUT2D eigenvalue weighted by atomic mass is 10.1. The molecule has 1 aromatic rings. The van der Waals surface area contributed by atoms with Gasteiger partial charge in [0.2, 0.25) is 0 Å². The summed E-state index contributed by atoms with van der Waals surface area (Å²) < 4.78 is 1.99. The number of nitrogens with one attached hydrogen (secondary N) is 1. The lowest BCUT2D eigenvalue weighted by Gasteiger charge is -2.26. The molecular formula is C9H15N3S. The lowest BCUT2D eigenvalue weighted by Crippen LogP contribution is -2.43. The van der Waals surface area contributed by atoms with E-state index in [9.17, 15) is 0 Å². The maximum absolute atomic E-state index is 4.16. The first kappa shape index (κ1) is 9.09. The smallest absolute Gasteiger partial charge is 0.0499 e. The summed E-state index contributed by atoms with van der Waals surface area (Å²) >= 11 is 2.03. The molecule has 0 bridgehead atoms. The highest BCUT2D eigenvalue weighted by Crippen LogP contribution is 2.12. The van der Waals surface area contributed by atoms with Crippen molar-refractivity contribution in [2.24, 2.45) is 5.92 Å². The number of aryl methyl sites for hydroxylation is 1. The highest BCUT2D eigenvalue weighted by Gasteiger charge is 2.15. The van der Waals surface area contributed by atoms with Crippen molar-refractivity contribution in [3.8, 4) is 0 Å². The first-order valence-electron chi connectivity index (χ1n) is 4.71. The van der Waals surface area contributed by atoms with Crippen molar-refractivity contribution in [3.63, 3.8) is 0 Å². The highest BCUT2D eigenvalue weighted by molar-refractivity contribution is 7.99. The summed E-state index contributed by atoms with van der Waals surface area (Å²) in [5.74, 6) is 3.40. The molecule has 0 unspecified atom stereocenters. The quantitative estimate of drug-likeness (QED) is 0.709. The molecule has 1 aliphatic heterocycles. The minimum atomic E-state index is 0.919. The van der Waals surface area contributed by atoms with Gasteiger partial charge in [0.05, 0.1) is 0 Å². The van der Waals surface area contributed by atoms with Crippen LogP contribution >= 0.6 is 11.8 Å². The monoisotopic (exact) mass is 197 g/mol. The summed E-state index contributed by atoms with van der Waals surface area (Å²) in [6, 6.07) is 1.97. The number of nitrogens with zero attached hydrogens (tertiary/aromatic N) is 2. The fourth-order valence-electron chi connectivity index (χ4n) is 1.31. The molecule has 1 N–H and O–H groups in total. The van der Waals surface area contributed by atoms with Gasteiger partial charge in [-0.2, -0.15) is 16.9 Å². The van der Waals surface area contributed by atoms with E-state index in [2.05, 4.69) is 10.4 Å². The van der Waals surface area contributed by atoms with Crippen LogP contribution in [0.3, 0.4) is 0 Å². The van der Waals surface area contributed by atoms with Crippen LogP contribution in [0, 0.1) is 5.92 Å². The van der Waals surface area contributed by atoms with Crippen LogP contribution in [0.5, 0.6) is 0 Å². The fourth-order valence-corrected chi connectivity index (χ4v) is 2.36. The maximum Gasteiger partial charge on any atom is 0.0499 e. The van der Waals surface area contributed by atoms with Crippen molar-refractivity contribution in [1.29, 1.82) is 0 Å². The topological polar surface area (TPSA) is 29.9 Å². The predicted octanol–water partition coefficient (Wildman–Crippen LogP) is 0.836. The van der Waals surface area contributed by atoms with Gasteiger partial charge in [0.1, 0.15) is 0 Å². The Morgan fingerprint density at radius 3 is 3.08 bits per heavy atom. The van der Waals surface area contributed by atoms with Gasteiger partial charge in [0.25, 0.3) is 0 Å². The maximum atomic E-state index is 4.16. The summed E-state index contributed by atoms with van der Waals surface area (Å²) in [7, 11) is 0. The number of hydrogen-bond acceptors (Lipinski definition) is 3. The largest absolute Gasteiger partial charge is 0.316 e. The Morgan fingerprint density at radius 1 is 1.54 bits per heavy atom. The van der Waals surface area contributed by atoms with Crippen molar-refractivity contribution >= 4 is 11.8 Å². The van der Waals surface area contributed by atoms with Gasteiger partial charge in [-0.25, -0.2) is 0 Å². The van der Waals surface area contributed by atoms with E-state index in [1.54, 1.807) is 0 Å². The number of thioether (sulfide) groups is 1. The van der Waals surface area contributed by atoms with E-state index >= 15 is 0 Å². The minimum Gasteiger partial charge on any atom is -0.316 e. The molecule has 72 valence electrons. The molecule has 3 nitrogen and oxygen atoms in total. The molecule has 0 spiro atoms. The standard InChI is InChI=1S/C9H15N3S/c1-2-11-12(3-1)4-5-13-8-9-6-10-7-9/h1-3,9-10H,4-8H2. The fraction of sp³-hybridized carbons (Fsp3) is 0.667. The van der Waals surface area contributed by atoms with Crippen molar-refractivity contribution in [3.05, 3.63) is 18.5 Å². The van der Waals surface area contributed by atoms with Crippen LogP contribution < -0.4 is 5.32 Å². The van der Waals surface area contributed by atoms with Gasteiger partial charge >= 0.3 is 0 Å². The zero-order valence-electron chi connectivity index (χ0n) is 7.65. The Labute approximate surface area is 82.9 Å². The predicted molar refractivity (Wildman–Crippen MR) is 55.9 cm³/mol. The summed E-state index contributed by atoms with van der Waals surface area (Å²) in [6.07, 6.45) is 3.85. The SMILES string of the molecule is c1cnn(CCSCC2CNC2)c1. The number of aromatic nitrogens is 2. The molecule has 4 heteroatoms. The van der Waals surface area contributed by atoms with Gasteiger partial charge in [-0.3, -0.25) is 4.68 Å². The van der Waals surface area contributed by atoms with Gasteiger partial charge in [-0.15, -0.1) is 0 Å². The molecule has 13 heavy (non-hydrogen) atoms. The molecule has 1 saturated heterocycles. The first-order valence-corrected chi connectivity index (χ1v) is 5.86. The molecule has 1 fully saturated rings. The van der Waals surface area contributed by atoms with E-state index in [4.69, 9.17) is 0 Å². The second kappa shape index (κ2) is 4.67. The third-order valence-corrected chi connectivity index (χ3v) is 3.42. The van der Waals surface area contributed by atoms with E-state index in [0.29, 0.717) is 0 Å². The second-order valence-electron chi connectivity index (χ2n) is 3.37. The summed E-state index contributed by atoms with van der Waals surface area (Å²) in [5.41, 5.74) is 0. The normalized spacial score (nSPS) is 17.2. The van der Waals surface area contributed by atoms with Crippen LogP contribution in [0.15, 0.2) is 18.5 Å². The van der Waals surface area contributed by atoms with Crippen LogP contribution in [0.1, 0.15) is 0 Å². The Hall–Kier alpha value is -0.480. The molecule has 0 aliphatic carbocycles. The van der Waals surface area contributed by atoms with E-state index in [0.717, 1.165) is 12.5 Å². The first-order chi connectivity index (χ1) is 6.45. The molecule has 2 heterocycles. The molecule has 0 aromatic carbocycles. The van der Waals surface area contributed by atoms with Gasteiger partial charge in [-0.1, -0.05) is 0 Å². The van der Waals surface area contributed by atoms with E-state index in [1.807, 2.05) is 34.9 Å². The molecule has 0 atom stereocenters. The van der Waals surface area contributed by atoms with Crippen LogP contribution in [-0.4, -0.2) is 34.4 Å². The average Bonchev–Trinajstić information content (AvgIpc) is 2.53. The zero-order valence-corrected chi connectivity index (χ0v) is 8.46. The summed E-state index contributed by atoms with van der Waals surface area (Å²) in [5, 5.41) is 7.44. The van der Waals surface area contributed by atoms with Crippen LogP contribution in [0.25, 0.3) is 0 Å². The van der Waals surface area contributed by atoms with Crippen LogP contribution in [0.2, 0.25) is 0 Å². The van der Waals surface area contributed by atoms with Gasteiger partial charge in [0.15, 0.2) is 0 Å². The number of rotatable bonds is 5. The van der Waals surface area contributed by atoms with E-state index in [-0.39, 0.29) is 0 Å².